The highest BCUT2D eigenvalue weighted by atomic mass is 16.5. The number of esters is 1. The van der Waals surface area contributed by atoms with E-state index in [0.29, 0.717) is 18.6 Å². The van der Waals surface area contributed by atoms with E-state index in [1.807, 2.05) is 27.7 Å². The number of rotatable bonds is 9. The van der Waals surface area contributed by atoms with Crippen molar-refractivity contribution in [3.05, 3.63) is 11.6 Å². The molecule has 7 nitrogen and oxygen atoms in total. The molecule has 0 saturated carbocycles. The van der Waals surface area contributed by atoms with E-state index in [4.69, 9.17) is 4.74 Å². The fraction of sp³-hybridized carbons (Fsp3) is 0.800. The third-order valence-electron chi connectivity index (χ3n) is 6.21. The molecule has 0 spiro atoms. The van der Waals surface area contributed by atoms with Gasteiger partial charge in [-0.05, 0) is 58.9 Å². The molecule has 0 aromatic carbocycles. The zero-order valence-electron chi connectivity index (χ0n) is 21.7. The molecule has 1 heterocycles. The molecule has 0 aromatic heterocycles. The highest BCUT2D eigenvalue weighted by Gasteiger charge is 2.39. The van der Waals surface area contributed by atoms with Crippen LogP contribution in [0.15, 0.2) is 11.6 Å². The van der Waals surface area contributed by atoms with Gasteiger partial charge >= 0.3 is 5.97 Å². The van der Waals surface area contributed by atoms with Gasteiger partial charge in [0, 0.05) is 18.7 Å². The molecule has 0 radical (unpaired) electrons. The lowest BCUT2D eigenvalue weighted by Crippen LogP contribution is -2.60. The SMILES string of the molecule is CCOC(=O)C(C)=C[C@H](CC)N(C)C(=O)[C@@H](NC(=O)[C@H]1CCCCN1C(C)C)C(C)(C)C. The van der Waals surface area contributed by atoms with Crippen molar-refractivity contribution in [1.29, 1.82) is 0 Å². The summed E-state index contributed by atoms with van der Waals surface area (Å²) in [5.41, 5.74) is 0.0146. The zero-order valence-corrected chi connectivity index (χ0v) is 21.7. The summed E-state index contributed by atoms with van der Waals surface area (Å²) in [7, 11) is 1.73. The lowest BCUT2D eigenvalue weighted by Gasteiger charge is -2.40. The Hall–Kier alpha value is -1.89. The molecule has 1 saturated heterocycles. The zero-order chi connectivity index (χ0) is 24.6. The first-order chi connectivity index (χ1) is 14.8. The van der Waals surface area contributed by atoms with Crippen LogP contribution in [0.3, 0.4) is 0 Å². The van der Waals surface area contributed by atoms with Crippen molar-refractivity contribution in [2.75, 3.05) is 20.2 Å². The van der Waals surface area contributed by atoms with E-state index in [0.717, 1.165) is 25.8 Å². The monoisotopic (exact) mass is 451 g/mol. The summed E-state index contributed by atoms with van der Waals surface area (Å²) >= 11 is 0. The van der Waals surface area contributed by atoms with Crippen molar-refractivity contribution < 1.29 is 19.1 Å². The first kappa shape index (κ1) is 28.1. The quantitative estimate of drug-likeness (QED) is 0.429. The van der Waals surface area contributed by atoms with E-state index in [9.17, 15) is 14.4 Å². The lowest BCUT2D eigenvalue weighted by molar-refractivity contribution is -0.141. The van der Waals surface area contributed by atoms with Crippen LogP contribution in [0.5, 0.6) is 0 Å². The summed E-state index contributed by atoms with van der Waals surface area (Å²) in [5.74, 6) is -0.609. The maximum atomic E-state index is 13.6. The van der Waals surface area contributed by atoms with E-state index in [1.54, 1.807) is 31.9 Å². The summed E-state index contributed by atoms with van der Waals surface area (Å²) in [4.78, 5) is 42.7. The molecule has 1 fully saturated rings. The van der Waals surface area contributed by atoms with Crippen LogP contribution in [-0.2, 0) is 19.1 Å². The van der Waals surface area contributed by atoms with Gasteiger partial charge in [0.25, 0.3) is 0 Å². The summed E-state index contributed by atoms with van der Waals surface area (Å²) < 4.78 is 5.07. The number of likely N-dealkylation sites (tertiary alicyclic amines) is 1. The Kier molecular flexibility index (Phi) is 10.9. The third-order valence-corrected chi connectivity index (χ3v) is 6.21. The van der Waals surface area contributed by atoms with E-state index in [2.05, 4.69) is 24.1 Å². The minimum absolute atomic E-state index is 0.0774. The summed E-state index contributed by atoms with van der Waals surface area (Å²) in [6.45, 7) is 16.7. The van der Waals surface area contributed by atoms with Gasteiger partial charge in [0.05, 0.1) is 18.7 Å². The third kappa shape index (κ3) is 7.61. The number of amides is 2. The van der Waals surface area contributed by atoms with E-state index in [-0.39, 0.29) is 35.9 Å². The molecular formula is C25H45N3O4. The average molecular weight is 452 g/mol. The topological polar surface area (TPSA) is 79.0 Å². The molecule has 32 heavy (non-hydrogen) atoms. The molecule has 184 valence electrons. The standard InChI is InChI=1S/C25H45N3O4/c1-10-19(16-18(5)24(31)32-11-2)27(9)23(30)21(25(6,7)8)26-22(29)20-14-12-13-15-28(20)17(3)4/h16-17,19-21H,10-15H2,1-9H3,(H,26,29)/t19-,20+,21+/m0/s1. The smallest absolute Gasteiger partial charge is 0.333 e. The van der Waals surface area contributed by atoms with Crippen LogP contribution < -0.4 is 5.32 Å². The first-order valence-corrected chi connectivity index (χ1v) is 12.0. The van der Waals surface area contributed by atoms with E-state index < -0.39 is 11.5 Å². The first-order valence-electron chi connectivity index (χ1n) is 12.0. The molecule has 1 N–H and O–H groups in total. The molecule has 2 amide bonds. The predicted molar refractivity (Wildman–Crippen MR) is 128 cm³/mol. The highest BCUT2D eigenvalue weighted by Crippen LogP contribution is 2.25. The molecule has 1 aliphatic rings. The number of nitrogens with one attached hydrogen (secondary N) is 1. The van der Waals surface area contributed by atoms with Gasteiger partial charge in [-0.1, -0.05) is 40.2 Å². The van der Waals surface area contributed by atoms with Gasteiger partial charge in [0.1, 0.15) is 6.04 Å². The van der Waals surface area contributed by atoms with Crippen LogP contribution in [0, 0.1) is 5.41 Å². The van der Waals surface area contributed by atoms with Crippen molar-refractivity contribution in [3.63, 3.8) is 0 Å². The van der Waals surface area contributed by atoms with Crippen molar-refractivity contribution >= 4 is 17.8 Å². The minimum Gasteiger partial charge on any atom is -0.463 e. The number of carbonyl (C=O) groups is 3. The number of nitrogens with zero attached hydrogens (tertiary/aromatic N) is 2. The summed E-state index contributed by atoms with van der Waals surface area (Å²) in [5, 5.41) is 3.08. The van der Waals surface area contributed by atoms with Crippen LogP contribution in [0.2, 0.25) is 0 Å². The van der Waals surface area contributed by atoms with E-state index >= 15 is 0 Å². The van der Waals surface area contributed by atoms with E-state index in [1.165, 1.54) is 0 Å². The number of piperidine rings is 1. The molecule has 0 unspecified atom stereocenters. The number of hydrogen-bond acceptors (Lipinski definition) is 5. The Morgan fingerprint density at radius 2 is 1.81 bits per heavy atom. The molecule has 1 rings (SSSR count). The predicted octanol–water partition coefficient (Wildman–Crippen LogP) is 3.53. The maximum Gasteiger partial charge on any atom is 0.333 e. The molecule has 0 bridgehead atoms. The second-order valence-corrected chi connectivity index (χ2v) is 10.1. The number of likely N-dealkylation sites (N-methyl/N-ethyl adjacent to an activating group) is 1. The van der Waals surface area contributed by atoms with Gasteiger partial charge in [0.2, 0.25) is 11.8 Å². The Bertz CT molecular complexity index is 681. The van der Waals surface area contributed by atoms with Crippen LogP contribution in [-0.4, -0.2) is 72.0 Å². The van der Waals surface area contributed by atoms with Gasteiger partial charge in [0.15, 0.2) is 0 Å². The second-order valence-electron chi connectivity index (χ2n) is 10.1. The van der Waals surface area contributed by atoms with Crippen LogP contribution in [0.25, 0.3) is 0 Å². The molecule has 0 aromatic rings. The maximum absolute atomic E-state index is 13.6. The second kappa shape index (κ2) is 12.4. The largest absolute Gasteiger partial charge is 0.463 e. The number of ether oxygens (including phenoxy) is 1. The summed E-state index contributed by atoms with van der Waals surface area (Å²) in [6, 6.07) is -0.866. The van der Waals surface area contributed by atoms with Crippen molar-refractivity contribution in [3.8, 4) is 0 Å². The Morgan fingerprint density at radius 3 is 2.31 bits per heavy atom. The van der Waals surface area contributed by atoms with Gasteiger partial charge < -0.3 is 15.0 Å². The fourth-order valence-electron chi connectivity index (χ4n) is 4.21. The Labute approximate surface area is 194 Å². The fourth-order valence-corrected chi connectivity index (χ4v) is 4.21. The molecule has 7 heteroatoms. The van der Waals surface area contributed by atoms with Crippen LogP contribution in [0.4, 0.5) is 0 Å². The van der Waals surface area contributed by atoms with Crippen LogP contribution >= 0.6 is 0 Å². The van der Waals surface area contributed by atoms with Crippen molar-refractivity contribution in [1.82, 2.24) is 15.1 Å². The van der Waals surface area contributed by atoms with Gasteiger partial charge in [-0.25, -0.2) is 4.79 Å². The minimum atomic E-state index is -0.665. The molecular weight excluding hydrogens is 406 g/mol. The molecule has 3 atom stereocenters. The normalized spacial score (nSPS) is 19.9. The van der Waals surface area contributed by atoms with Gasteiger partial charge in [-0.3, -0.25) is 14.5 Å². The summed E-state index contributed by atoms with van der Waals surface area (Å²) in [6.07, 6.45) is 5.35. The number of hydrogen-bond donors (Lipinski definition) is 1. The number of carbonyl (C=O) groups excluding carboxylic acids is 3. The van der Waals surface area contributed by atoms with Gasteiger partial charge in [-0.2, -0.15) is 0 Å². The molecule has 1 aliphatic heterocycles. The van der Waals surface area contributed by atoms with Crippen LogP contribution in [0.1, 0.15) is 81.1 Å². The molecule has 0 aliphatic carbocycles. The Balaban J connectivity index is 3.07. The van der Waals surface area contributed by atoms with Crippen molar-refractivity contribution in [2.45, 2.75) is 105 Å². The average Bonchev–Trinajstić information content (AvgIpc) is 2.73. The van der Waals surface area contributed by atoms with Gasteiger partial charge in [-0.15, -0.1) is 0 Å². The Morgan fingerprint density at radius 1 is 1.19 bits per heavy atom. The highest BCUT2D eigenvalue weighted by molar-refractivity contribution is 5.91. The van der Waals surface area contributed by atoms with Crippen molar-refractivity contribution in [2.24, 2.45) is 5.41 Å². The lowest BCUT2D eigenvalue weighted by atomic mass is 9.85.